The van der Waals surface area contributed by atoms with E-state index in [1.54, 1.807) is 25.5 Å². The Balaban J connectivity index is 2.06. The SMILES string of the molecule is CNc1nc(N(Cc2ccccc2)OC)c2ncn(C)c2n1. The molecular weight excluding hydrogens is 280 g/mol. The van der Waals surface area contributed by atoms with Crippen molar-refractivity contribution in [3.8, 4) is 0 Å². The number of hydroxylamine groups is 1. The van der Waals surface area contributed by atoms with Crippen LogP contribution in [0.15, 0.2) is 36.7 Å². The first-order valence-electron chi connectivity index (χ1n) is 6.95. The maximum atomic E-state index is 5.52. The van der Waals surface area contributed by atoms with Gasteiger partial charge in [0.15, 0.2) is 17.0 Å². The molecule has 0 amide bonds. The topological polar surface area (TPSA) is 68.1 Å². The number of hydrogen-bond donors (Lipinski definition) is 1. The average molecular weight is 298 g/mol. The highest BCUT2D eigenvalue weighted by Crippen LogP contribution is 2.25. The maximum absolute atomic E-state index is 5.52. The van der Waals surface area contributed by atoms with E-state index in [1.165, 1.54) is 0 Å². The fraction of sp³-hybridized carbons (Fsp3) is 0.267. The van der Waals surface area contributed by atoms with E-state index < -0.39 is 0 Å². The Morgan fingerprint density at radius 1 is 1.23 bits per heavy atom. The predicted octanol–water partition coefficient (Wildman–Crippen LogP) is 1.97. The molecule has 114 valence electrons. The summed E-state index contributed by atoms with van der Waals surface area (Å²) >= 11 is 0. The molecule has 0 fully saturated rings. The van der Waals surface area contributed by atoms with E-state index >= 15 is 0 Å². The molecule has 0 aliphatic heterocycles. The van der Waals surface area contributed by atoms with Gasteiger partial charge in [0, 0.05) is 14.1 Å². The first kappa shape index (κ1) is 14.3. The van der Waals surface area contributed by atoms with E-state index in [2.05, 4.69) is 20.3 Å². The van der Waals surface area contributed by atoms with Gasteiger partial charge in [0.2, 0.25) is 5.95 Å². The Bertz CT molecular complexity index is 770. The molecule has 7 nitrogen and oxygen atoms in total. The minimum Gasteiger partial charge on any atom is -0.357 e. The van der Waals surface area contributed by atoms with Gasteiger partial charge in [-0.15, -0.1) is 0 Å². The fourth-order valence-corrected chi connectivity index (χ4v) is 2.25. The highest BCUT2D eigenvalue weighted by Gasteiger charge is 2.18. The summed E-state index contributed by atoms with van der Waals surface area (Å²) in [7, 11) is 5.31. The summed E-state index contributed by atoms with van der Waals surface area (Å²) in [5.41, 5.74) is 2.58. The Morgan fingerprint density at radius 3 is 2.68 bits per heavy atom. The van der Waals surface area contributed by atoms with E-state index in [1.807, 2.05) is 41.9 Å². The quantitative estimate of drug-likeness (QED) is 0.726. The number of aryl methyl sites for hydroxylation is 1. The van der Waals surface area contributed by atoms with Crippen LogP contribution < -0.4 is 10.4 Å². The van der Waals surface area contributed by atoms with Crippen LogP contribution in [0.25, 0.3) is 11.2 Å². The Kier molecular flexibility index (Phi) is 3.88. The molecule has 3 rings (SSSR count). The van der Waals surface area contributed by atoms with E-state index in [0.29, 0.717) is 23.8 Å². The molecule has 2 heterocycles. The second-order valence-corrected chi connectivity index (χ2v) is 4.85. The molecule has 0 saturated heterocycles. The molecule has 0 atom stereocenters. The average Bonchev–Trinajstić information content (AvgIpc) is 2.94. The van der Waals surface area contributed by atoms with Crippen molar-refractivity contribution in [1.29, 1.82) is 0 Å². The molecule has 0 radical (unpaired) electrons. The van der Waals surface area contributed by atoms with Crippen LogP contribution in [0.4, 0.5) is 11.8 Å². The van der Waals surface area contributed by atoms with Crippen LogP contribution in [0.2, 0.25) is 0 Å². The summed E-state index contributed by atoms with van der Waals surface area (Å²) in [6.07, 6.45) is 1.72. The molecule has 3 aromatic rings. The van der Waals surface area contributed by atoms with Crippen molar-refractivity contribution >= 4 is 22.9 Å². The highest BCUT2D eigenvalue weighted by atomic mass is 16.7. The lowest BCUT2D eigenvalue weighted by atomic mass is 10.2. The van der Waals surface area contributed by atoms with Crippen LogP contribution >= 0.6 is 0 Å². The first-order valence-corrected chi connectivity index (χ1v) is 6.95. The van der Waals surface area contributed by atoms with Crippen LogP contribution in [0.1, 0.15) is 5.56 Å². The molecule has 0 saturated carbocycles. The molecule has 0 unspecified atom stereocenters. The van der Waals surface area contributed by atoms with Crippen molar-refractivity contribution in [1.82, 2.24) is 19.5 Å². The van der Waals surface area contributed by atoms with Gasteiger partial charge in [-0.05, 0) is 5.56 Å². The number of imidazole rings is 1. The normalized spacial score (nSPS) is 10.9. The van der Waals surface area contributed by atoms with Gasteiger partial charge in [0.05, 0.1) is 20.0 Å². The number of anilines is 2. The van der Waals surface area contributed by atoms with E-state index in [-0.39, 0.29) is 0 Å². The lowest BCUT2D eigenvalue weighted by Gasteiger charge is -2.21. The lowest BCUT2D eigenvalue weighted by molar-refractivity contribution is 0.161. The third-order valence-electron chi connectivity index (χ3n) is 3.39. The molecule has 7 heteroatoms. The van der Waals surface area contributed by atoms with Crippen LogP contribution in [0, 0.1) is 0 Å². The van der Waals surface area contributed by atoms with Crippen LogP contribution in [0.3, 0.4) is 0 Å². The fourth-order valence-electron chi connectivity index (χ4n) is 2.25. The zero-order chi connectivity index (χ0) is 15.5. The molecule has 0 bridgehead atoms. The number of nitrogens with one attached hydrogen (secondary N) is 1. The molecule has 1 N–H and O–H groups in total. The van der Waals surface area contributed by atoms with Crippen LogP contribution in [0.5, 0.6) is 0 Å². The van der Waals surface area contributed by atoms with Gasteiger partial charge in [0.1, 0.15) is 0 Å². The zero-order valence-corrected chi connectivity index (χ0v) is 12.8. The summed E-state index contributed by atoms with van der Waals surface area (Å²) in [6, 6.07) is 10.1. The third-order valence-corrected chi connectivity index (χ3v) is 3.39. The number of fused-ring (bicyclic) bond motifs is 1. The molecular formula is C15H18N6O. The van der Waals surface area contributed by atoms with Crippen LogP contribution in [-0.4, -0.2) is 33.7 Å². The molecule has 0 aliphatic rings. The number of hydrogen-bond acceptors (Lipinski definition) is 6. The number of aromatic nitrogens is 4. The summed E-state index contributed by atoms with van der Waals surface area (Å²) in [4.78, 5) is 18.9. The summed E-state index contributed by atoms with van der Waals surface area (Å²) in [5, 5.41) is 4.69. The minimum atomic E-state index is 0.529. The van der Waals surface area contributed by atoms with Gasteiger partial charge in [-0.1, -0.05) is 30.3 Å². The monoisotopic (exact) mass is 298 g/mol. The van der Waals surface area contributed by atoms with Crippen molar-refractivity contribution in [2.45, 2.75) is 6.54 Å². The standard InChI is InChI=1S/C15H18N6O/c1-16-15-18-13-12(17-10-20(13)2)14(19-15)21(22-3)9-11-7-5-4-6-8-11/h4-8,10H,9H2,1-3H3,(H,16,18,19). The van der Waals surface area contributed by atoms with Gasteiger partial charge >= 0.3 is 0 Å². The smallest absolute Gasteiger partial charge is 0.226 e. The maximum Gasteiger partial charge on any atom is 0.226 e. The second-order valence-electron chi connectivity index (χ2n) is 4.85. The van der Waals surface area contributed by atoms with Gasteiger partial charge < -0.3 is 9.88 Å². The summed E-state index contributed by atoms with van der Waals surface area (Å²) in [6.45, 7) is 0.573. The van der Waals surface area contributed by atoms with E-state index in [0.717, 1.165) is 11.2 Å². The largest absolute Gasteiger partial charge is 0.357 e. The molecule has 0 spiro atoms. The lowest BCUT2D eigenvalue weighted by Crippen LogP contribution is -2.23. The first-order chi connectivity index (χ1) is 10.7. The van der Waals surface area contributed by atoms with Crippen molar-refractivity contribution in [2.75, 3.05) is 24.5 Å². The van der Waals surface area contributed by atoms with E-state index in [4.69, 9.17) is 4.84 Å². The summed E-state index contributed by atoms with van der Waals surface area (Å²) in [5.74, 6) is 1.17. The Hall–Kier alpha value is -2.67. The summed E-state index contributed by atoms with van der Waals surface area (Å²) < 4.78 is 1.86. The predicted molar refractivity (Wildman–Crippen MR) is 85.5 cm³/mol. The highest BCUT2D eigenvalue weighted by molar-refractivity contribution is 5.84. The van der Waals surface area contributed by atoms with Crippen molar-refractivity contribution in [3.05, 3.63) is 42.2 Å². The van der Waals surface area contributed by atoms with Gasteiger partial charge in [0.25, 0.3) is 0 Å². The number of benzene rings is 1. The zero-order valence-electron chi connectivity index (χ0n) is 12.8. The van der Waals surface area contributed by atoms with Gasteiger partial charge in [-0.25, -0.2) is 10.0 Å². The molecule has 22 heavy (non-hydrogen) atoms. The Morgan fingerprint density at radius 2 is 2.00 bits per heavy atom. The molecule has 0 aliphatic carbocycles. The van der Waals surface area contributed by atoms with Crippen LogP contribution in [-0.2, 0) is 18.4 Å². The molecule has 2 aromatic heterocycles. The number of nitrogens with zero attached hydrogens (tertiary/aromatic N) is 5. The number of rotatable bonds is 5. The minimum absolute atomic E-state index is 0.529. The molecule has 1 aromatic carbocycles. The van der Waals surface area contributed by atoms with Crippen molar-refractivity contribution < 1.29 is 4.84 Å². The van der Waals surface area contributed by atoms with E-state index in [9.17, 15) is 0 Å². The second kappa shape index (κ2) is 5.98. The van der Waals surface area contributed by atoms with Gasteiger partial charge in [-0.2, -0.15) is 9.97 Å². The van der Waals surface area contributed by atoms with Crippen molar-refractivity contribution in [2.24, 2.45) is 7.05 Å². The van der Waals surface area contributed by atoms with Gasteiger partial charge in [-0.3, -0.25) is 4.84 Å². The third kappa shape index (κ3) is 2.58. The Labute approximate surface area is 128 Å². The van der Waals surface area contributed by atoms with Crippen molar-refractivity contribution in [3.63, 3.8) is 0 Å².